The first-order valence-electron chi connectivity index (χ1n) is 11.6. The maximum Gasteiger partial charge on any atom is 0.303 e. The molecule has 3 atom stereocenters. The molecule has 2 fully saturated rings. The van der Waals surface area contributed by atoms with Gasteiger partial charge in [-0.15, -0.1) is 0 Å². The van der Waals surface area contributed by atoms with Gasteiger partial charge >= 0.3 is 5.97 Å². The minimum absolute atomic E-state index is 0.160. The molecule has 1 saturated heterocycles. The molecule has 2 heterocycles. The van der Waals surface area contributed by atoms with Crippen molar-refractivity contribution >= 4 is 16.9 Å². The molecule has 0 radical (unpaired) electrons. The van der Waals surface area contributed by atoms with E-state index in [1.54, 1.807) is 13.3 Å². The number of pyridine rings is 1. The molecule has 6 heteroatoms. The number of rotatable bonds is 9. The lowest BCUT2D eigenvalue weighted by molar-refractivity contribution is -0.139. The maximum absolute atomic E-state index is 11.5. The van der Waals surface area contributed by atoms with Crippen LogP contribution in [0.25, 0.3) is 10.9 Å². The van der Waals surface area contributed by atoms with Crippen LogP contribution in [0.4, 0.5) is 0 Å². The summed E-state index contributed by atoms with van der Waals surface area (Å²) in [5.41, 5.74) is 1.70. The van der Waals surface area contributed by atoms with E-state index in [1.165, 1.54) is 19.3 Å². The second-order valence-corrected chi connectivity index (χ2v) is 9.34. The van der Waals surface area contributed by atoms with Gasteiger partial charge in [-0.1, -0.05) is 6.42 Å². The van der Waals surface area contributed by atoms with E-state index in [0.717, 1.165) is 60.6 Å². The summed E-state index contributed by atoms with van der Waals surface area (Å²) < 4.78 is 5.34. The number of piperidine rings is 1. The van der Waals surface area contributed by atoms with Gasteiger partial charge in [0.2, 0.25) is 0 Å². The molecular formula is C25H34N2O4. The van der Waals surface area contributed by atoms with Crippen LogP contribution in [0.5, 0.6) is 5.75 Å². The lowest BCUT2D eigenvalue weighted by Gasteiger charge is -2.41. The third kappa shape index (κ3) is 5.36. The number of ether oxygens (including phenoxy) is 1. The van der Waals surface area contributed by atoms with E-state index in [2.05, 4.69) is 9.88 Å². The van der Waals surface area contributed by atoms with Crippen LogP contribution in [0.3, 0.4) is 0 Å². The summed E-state index contributed by atoms with van der Waals surface area (Å²) in [6, 6.07) is 7.58. The number of hydrogen-bond acceptors (Lipinski definition) is 5. The number of carbonyl (C=O) groups is 1. The molecule has 0 bridgehead atoms. The maximum atomic E-state index is 11.5. The van der Waals surface area contributed by atoms with Gasteiger partial charge in [0.15, 0.2) is 0 Å². The van der Waals surface area contributed by atoms with Gasteiger partial charge in [0.25, 0.3) is 0 Å². The van der Waals surface area contributed by atoms with Gasteiger partial charge in [-0.3, -0.25) is 9.78 Å². The number of hydrogen-bond donors (Lipinski definition) is 2. The zero-order valence-electron chi connectivity index (χ0n) is 18.4. The number of nitrogens with zero attached hydrogens (tertiary/aromatic N) is 2. The fourth-order valence-electron chi connectivity index (χ4n) is 5.29. The van der Waals surface area contributed by atoms with Gasteiger partial charge < -0.3 is 19.8 Å². The van der Waals surface area contributed by atoms with Crippen molar-refractivity contribution in [2.75, 3.05) is 26.7 Å². The highest BCUT2D eigenvalue weighted by Crippen LogP contribution is 2.36. The molecule has 31 heavy (non-hydrogen) atoms. The quantitative estimate of drug-likeness (QED) is 0.623. The molecule has 0 amide bonds. The van der Waals surface area contributed by atoms with Crippen molar-refractivity contribution in [3.8, 4) is 5.75 Å². The van der Waals surface area contributed by atoms with Gasteiger partial charge in [-0.05, 0) is 86.2 Å². The largest absolute Gasteiger partial charge is 0.497 e. The van der Waals surface area contributed by atoms with Crippen LogP contribution in [-0.4, -0.2) is 52.8 Å². The van der Waals surface area contributed by atoms with E-state index in [-0.39, 0.29) is 12.3 Å². The number of fused-ring (bicyclic) bond motifs is 1. The first-order chi connectivity index (χ1) is 15.0. The molecule has 2 aliphatic rings. The summed E-state index contributed by atoms with van der Waals surface area (Å²) >= 11 is 0. The van der Waals surface area contributed by atoms with E-state index in [0.29, 0.717) is 12.3 Å². The summed E-state index contributed by atoms with van der Waals surface area (Å²) in [6.07, 6.45) is 7.81. The third-order valence-electron chi connectivity index (χ3n) is 7.31. The molecule has 4 rings (SSSR count). The van der Waals surface area contributed by atoms with Crippen molar-refractivity contribution in [1.82, 2.24) is 9.88 Å². The van der Waals surface area contributed by atoms with Crippen LogP contribution in [0, 0.1) is 17.8 Å². The number of carboxylic acid groups (broad SMARTS) is 1. The summed E-state index contributed by atoms with van der Waals surface area (Å²) in [7, 11) is 1.63. The summed E-state index contributed by atoms with van der Waals surface area (Å²) in [5.74, 6) is 1.34. The molecule has 0 spiro atoms. The highest BCUT2D eigenvalue weighted by molar-refractivity contribution is 5.83. The monoisotopic (exact) mass is 426 g/mol. The number of likely N-dealkylation sites (tertiary alicyclic amines) is 1. The molecular weight excluding hydrogens is 392 g/mol. The molecule has 1 aliphatic carbocycles. The fourth-order valence-corrected chi connectivity index (χ4v) is 5.29. The second-order valence-electron chi connectivity index (χ2n) is 9.34. The van der Waals surface area contributed by atoms with Gasteiger partial charge in [0.05, 0.1) is 18.7 Å². The van der Waals surface area contributed by atoms with E-state index in [1.807, 2.05) is 24.3 Å². The Morgan fingerprint density at radius 1 is 1.26 bits per heavy atom. The highest BCUT2D eigenvalue weighted by Gasteiger charge is 2.32. The number of carboxylic acids is 1. The van der Waals surface area contributed by atoms with Gasteiger partial charge in [-0.2, -0.15) is 0 Å². The first kappa shape index (κ1) is 22.0. The Morgan fingerprint density at radius 2 is 2.10 bits per heavy atom. The van der Waals surface area contributed by atoms with Crippen molar-refractivity contribution in [2.45, 2.75) is 51.0 Å². The van der Waals surface area contributed by atoms with Gasteiger partial charge in [-0.25, -0.2) is 0 Å². The summed E-state index contributed by atoms with van der Waals surface area (Å²) in [6.45, 7) is 3.04. The topological polar surface area (TPSA) is 82.9 Å². The van der Waals surface area contributed by atoms with Crippen molar-refractivity contribution in [1.29, 1.82) is 0 Å². The second kappa shape index (κ2) is 9.96. The predicted molar refractivity (Wildman–Crippen MR) is 120 cm³/mol. The van der Waals surface area contributed by atoms with Crippen molar-refractivity contribution < 1.29 is 19.7 Å². The van der Waals surface area contributed by atoms with Crippen LogP contribution in [0.1, 0.15) is 56.6 Å². The zero-order chi connectivity index (χ0) is 21.8. The Balaban J connectivity index is 1.41. The lowest BCUT2D eigenvalue weighted by Crippen LogP contribution is -2.44. The van der Waals surface area contributed by atoms with Crippen molar-refractivity contribution in [3.63, 3.8) is 0 Å². The van der Waals surface area contributed by atoms with Crippen molar-refractivity contribution in [2.24, 2.45) is 17.8 Å². The third-order valence-corrected chi connectivity index (χ3v) is 7.31. The molecule has 1 aromatic carbocycles. The molecule has 168 valence electrons. The minimum atomic E-state index is -0.715. The number of aromatic nitrogens is 1. The van der Waals surface area contributed by atoms with Gasteiger partial charge in [0.1, 0.15) is 5.75 Å². The zero-order valence-corrected chi connectivity index (χ0v) is 18.4. The Morgan fingerprint density at radius 3 is 2.81 bits per heavy atom. The Kier molecular flexibility index (Phi) is 7.08. The molecule has 1 aliphatic heterocycles. The summed E-state index contributed by atoms with van der Waals surface area (Å²) in [5, 5.41) is 21.4. The number of benzene rings is 1. The van der Waals surface area contributed by atoms with E-state index in [4.69, 9.17) is 4.74 Å². The lowest BCUT2D eigenvalue weighted by atomic mass is 9.78. The van der Waals surface area contributed by atoms with Gasteiger partial charge in [0, 0.05) is 31.1 Å². The molecule has 2 N–H and O–H groups in total. The van der Waals surface area contributed by atoms with Crippen LogP contribution in [-0.2, 0) is 4.79 Å². The van der Waals surface area contributed by atoms with Crippen molar-refractivity contribution in [3.05, 3.63) is 36.0 Å². The minimum Gasteiger partial charge on any atom is -0.497 e. The Bertz CT molecular complexity index is 898. The number of aliphatic carboxylic acids is 1. The SMILES string of the molecule is COc1ccc2nccc([C@H](O)CC[C@@H]3CCN(CC4CCC4)C[C@@H]3CC(=O)O)c2c1. The highest BCUT2D eigenvalue weighted by atomic mass is 16.5. The Labute approximate surface area is 184 Å². The molecule has 1 aromatic heterocycles. The fraction of sp³-hybridized carbons (Fsp3) is 0.600. The van der Waals surface area contributed by atoms with E-state index < -0.39 is 12.1 Å². The van der Waals surface area contributed by atoms with Crippen LogP contribution in [0.15, 0.2) is 30.5 Å². The normalized spacial score (nSPS) is 23.4. The average molecular weight is 427 g/mol. The number of methoxy groups -OCH3 is 1. The number of aliphatic hydroxyl groups excluding tert-OH is 1. The molecule has 0 unspecified atom stereocenters. The Hall–Kier alpha value is -2.18. The van der Waals surface area contributed by atoms with E-state index in [9.17, 15) is 15.0 Å². The first-order valence-corrected chi connectivity index (χ1v) is 11.6. The summed E-state index contributed by atoms with van der Waals surface area (Å²) in [4.78, 5) is 18.4. The van der Waals surface area contributed by atoms with Crippen LogP contribution in [0.2, 0.25) is 0 Å². The smallest absolute Gasteiger partial charge is 0.303 e. The molecule has 2 aromatic rings. The molecule has 6 nitrogen and oxygen atoms in total. The standard InChI is InChI=1S/C25H34N2O4/c1-31-20-6-7-23-22(14-20)21(9-11-26-23)24(28)8-5-18-10-12-27(15-17-3-2-4-17)16-19(18)13-25(29)30/h6-7,9,11,14,17-19,24,28H,2-5,8,10,12-13,15-16H2,1H3,(H,29,30)/t18-,19+,24-/m1/s1. The number of aliphatic hydroxyl groups is 1. The van der Waals surface area contributed by atoms with Crippen LogP contribution >= 0.6 is 0 Å². The predicted octanol–water partition coefficient (Wildman–Crippen LogP) is 4.27. The van der Waals surface area contributed by atoms with E-state index >= 15 is 0 Å². The molecule has 1 saturated carbocycles. The average Bonchev–Trinajstić information content (AvgIpc) is 2.74. The van der Waals surface area contributed by atoms with Crippen LogP contribution < -0.4 is 4.74 Å².